The standard InChI is InChI=1S/C5H6O5.C4H6O3.C4H6O2.CO2.ClO.Na/c1-8-4(6)3-2-9-5(7)10-3;1-6-4(5)3-2-7-3;1-3-4(5)6-2;2-1-3;1-2;/h3H,2H2,1H3;3H,2H2,1H3;3H,1H2,2H3;;;/q;;;;-1;+1. The monoisotopic (exact) mass is 452 g/mol. The van der Waals surface area contributed by atoms with Crippen LogP contribution in [0.1, 0.15) is 0 Å². The van der Waals surface area contributed by atoms with E-state index in [2.05, 4.69) is 46.9 Å². The minimum Gasteiger partial charge on any atom is -0.769 e. The number of carbonyl (C=O) groups excluding carboxylic acids is 6. The van der Waals surface area contributed by atoms with Crippen molar-refractivity contribution in [3.05, 3.63) is 12.7 Å². The quantitative estimate of drug-likeness (QED) is 0.131. The predicted molar refractivity (Wildman–Crippen MR) is 83.1 cm³/mol. The van der Waals surface area contributed by atoms with Gasteiger partial charge in [0.05, 0.1) is 27.9 Å². The zero-order chi connectivity index (χ0) is 22.5. The molecule has 0 bridgehead atoms. The van der Waals surface area contributed by atoms with Crippen molar-refractivity contribution < 1.29 is 91.4 Å². The second-order valence-corrected chi connectivity index (χ2v) is 3.85. The van der Waals surface area contributed by atoms with E-state index >= 15 is 0 Å². The summed E-state index contributed by atoms with van der Waals surface area (Å²) in [6, 6.07) is 0. The first-order chi connectivity index (χ1) is 13.3. The van der Waals surface area contributed by atoms with Crippen LogP contribution in [0.2, 0.25) is 0 Å². The van der Waals surface area contributed by atoms with E-state index in [-0.39, 0.29) is 54.4 Å². The molecule has 0 aromatic rings. The maximum Gasteiger partial charge on any atom is 1.00 e. The molecule has 160 valence electrons. The molecule has 0 spiro atoms. The molecule has 0 saturated carbocycles. The van der Waals surface area contributed by atoms with Crippen LogP contribution in [0.5, 0.6) is 0 Å². The normalized spacial score (nSPS) is 16.4. The molecule has 2 rings (SSSR count). The average Bonchev–Trinajstić information content (AvgIpc) is 3.49. The van der Waals surface area contributed by atoms with E-state index in [9.17, 15) is 19.2 Å². The fourth-order valence-corrected chi connectivity index (χ4v) is 0.974. The van der Waals surface area contributed by atoms with Crippen LogP contribution < -0.4 is 34.2 Å². The summed E-state index contributed by atoms with van der Waals surface area (Å²) in [7, 11) is 3.88. The van der Waals surface area contributed by atoms with Crippen molar-refractivity contribution in [3.8, 4) is 0 Å². The van der Waals surface area contributed by atoms with Crippen molar-refractivity contribution in [2.24, 2.45) is 0 Å². The summed E-state index contributed by atoms with van der Waals surface area (Å²) < 4.78 is 33.8. The van der Waals surface area contributed by atoms with Gasteiger partial charge in [0, 0.05) is 6.08 Å². The van der Waals surface area contributed by atoms with E-state index < -0.39 is 24.2 Å². The van der Waals surface area contributed by atoms with Crippen molar-refractivity contribution in [2.45, 2.75) is 12.2 Å². The topological polar surface area (TPSA) is 184 Å². The molecule has 0 N–H and O–H groups in total. The van der Waals surface area contributed by atoms with Crippen molar-refractivity contribution >= 4 is 42.1 Å². The van der Waals surface area contributed by atoms with Gasteiger partial charge in [-0.25, -0.2) is 31.0 Å². The zero-order valence-corrected chi connectivity index (χ0v) is 18.8. The first-order valence-corrected chi connectivity index (χ1v) is 7.07. The summed E-state index contributed by atoms with van der Waals surface area (Å²) in [5.74, 6) is -1.25. The SMILES string of the molecule is C=CC(=O)OC.COC(=O)C1CO1.COC(=O)C1COC(=O)O1.O=C=O.[Na+].[O-]Cl. The summed E-state index contributed by atoms with van der Waals surface area (Å²) in [5.41, 5.74) is 0. The summed E-state index contributed by atoms with van der Waals surface area (Å²) in [6.07, 6.45) is -0.585. The van der Waals surface area contributed by atoms with E-state index in [0.29, 0.717) is 6.61 Å². The van der Waals surface area contributed by atoms with E-state index in [1.807, 2.05) is 0 Å². The average molecular weight is 453 g/mol. The van der Waals surface area contributed by atoms with E-state index in [1.54, 1.807) is 0 Å². The van der Waals surface area contributed by atoms with Crippen LogP contribution in [0.3, 0.4) is 0 Å². The molecular weight excluding hydrogens is 435 g/mol. The van der Waals surface area contributed by atoms with Crippen LogP contribution in [0.25, 0.3) is 0 Å². The Kier molecular flexibility index (Phi) is 28.6. The van der Waals surface area contributed by atoms with Gasteiger partial charge in [-0.15, -0.1) is 0 Å². The summed E-state index contributed by atoms with van der Waals surface area (Å²) in [5, 5.41) is 0. The maximum absolute atomic E-state index is 10.6. The number of esters is 3. The molecule has 2 atom stereocenters. The van der Waals surface area contributed by atoms with Gasteiger partial charge in [-0.05, 0) is 0 Å². The summed E-state index contributed by atoms with van der Waals surface area (Å²) in [4.78, 5) is 57.1. The Hall–Kier alpha value is -1.99. The number of halogens is 1. The largest absolute Gasteiger partial charge is 1.00 e. The molecule has 13 nitrogen and oxygen atoms in total. The van der Waals surface area contributed by atoms with Crippen LogP contribution >= 0.6 is 11.9 Å². The van der Waals surface area contributed by atoms with E-state index in [4.69, 9.17) is 14.2 Å². The molecule has 2 aliphatic rings. The van der Waals surface area contributed by atoms with Gasteiger partial charge in [-0.1, -0.05) is 6.58 Å². The number of ether oxygens (including phenoxy) is 6. The molecule has 0 aliphatic carbocycles. The van der Waals surface area contributed by atoms with Gasteiger partial charge >= 0.3 is 59.8 Å². The van der Waals surface area contributed by atoms with Crippen molar-refractivity contribution in [3.63, 3.8) is 0 Å². The first kappa shape index (κ1) is 34.5. The molecule has 0 amide bonds. The molecule has 2 aliphatic heterocycles. The van der Waals surface area contributed by atoms with Gasteiger partial charge in [-0.3, -0.25) is 0 Å². The fourth-order valence-electron chi connectivity index (χ4n) is 0.974. The minimum atomic E-state index is -0.877. The molecule has 29 heavy (non-hydrogen) atoms. The molecule has 0 aromatic carbocycles. The van der Waals surface area contributed by atoms with Crippen molar-refractivity contribution in [1.29, 1.82) is 0 Å². The van der Waals surface area contributed by atoms with Gasteiger partial charge in [0.2, 0.25) is 6.10 Å². The molecule has 2 saturated heterocycles. The Morgan fingerprint density at radius 3 is 1.66 bits per heavy atom. The molecule has 0 aromatic heterocycles. The Bertz CT molecular complexity index is 530. The molecule has 2 fully saturated rings. The Labute approximate surface area is 192 Å². The number of hydrogen-bond acceptors (Lipinski definition) is 13. The number of epoxide rings is 1. The van der Waals surface area contributed by atoms with Gasteiger partial charge in [-0.2, -0.15) is 9.59 Å². The third kappa shape index (κ3) is 22.2. The molecule has 2 heterocycles. The van der Waals surface area contributed by atoms with Crippen LogP contribution in [-0.2, 0) is 52.4 Å². The van der Waals surface area contributed by atoms with Gasteiger partial charge in [0.1, 0.15) is 6.61 Å². The van der Waals surface area contributed by atoms with Gasteiger partial charge < -0.3 is 33.1 Å². The van der Waals surface area contributed by atoms with Crippen LogP contribution in [0.15, 0.2) is 12.7 Å². The smallest absolute Gasteiger partial charge is 0.769 e. The third-order valence-electron chi connectivity index (χ3n) is 2.22. The van der Waals surface area contributed by atoms with Crippen LogP contribution in [0, 0.1) is 0 Å². The Balaban J connectivity index is -0.000000147. The van der Waals surface area contributed by atoms with Crippen molar-refractivity contribution in [2.75, 3.05) is 34.5 Å². The summed E-state index contributed by atoms with van der Waals surface area (Å²) >= 11 is 3.39. The van der Waals surface area contributed by atoms with Crippen molar-refractivity contribution in [1.82, 2.24) is 0 Å². The second-order valence-electron chi connectivity index (χ2n) is 3.85. The van der Waals surface area contributed by atoms with Crippen LogP contribution in [0.4, 0.5) is 4.79 Å². The Morgan fingerprint density at radius 2 is 1.48 bits per heavy atom. The number of hydrogen-bond donors (Lipinski definition) is 0. The van der Waals surface area contributed by atoms with Gasteiger partial charge in [0.15, 0.2) is 6.10 Å². The summed E-state index contributed by atoms with van der Waals surface area (Å²) in [6.45, 7) is 3.64. The number of rotatable bonds is 3. The minimum absolute atomic E-state index is 0. The number of methoxy groups -OCH3 is 3. The predicted octanol–water partition coefficient (Wildman–Crippen LogP) is -4.48. The number of carbonyl (C=O) groups is 4. The first-order valence-electron chi connectivity index (χ1n) is 6.76. The Morgan fingerprint density at radius 1 is 1.07 bits per heavy atom. The van der Waals surface area contributed by atoms with Gasteiger partial charge in [0.25, 0.3) is 0 Å². The molecule has 15 heteroatoms. The number of cyclic esters (lactones) is 2. The maximum atomic E-state index is 10.6. The third-order valence-corrected chi connectivity index (χ3v) is 2.22. The fraction of sp³-hybridized carbons (Fsp3) is 0.500. The zero-order valence-electron chi connectivity index (χ0n) is 16.0. The molecular formula is C14H18ClNaO13. The van der Waals surface area contributed by atoms with E-state index in [1.165, 1.54) is 21.3 Å². The molecule has 2 unspecified atom stereocenters. The second kappa shape index (κ2) is 24.0. The van der Waals surface area contributed by atoms with Crippen LogP contribution in [-0.4, -0.2) is 77.0 Å². The molecule has 0 radical (unpaired) electrons. The van der Waals surface area contributed by atoms with E-state index in [0.717, 1.165) is 6.08 Å².